The molecule has 2 aromatic rings. The van der Waals surface area contributed by atoms with Gasteiger partial charge in [-0.3, -0.25) is 0 Å². The van der Waals surface area contributed by atoms with Gasteiger partial charge in [0.25, 0.3) is 0 Å². The molecule has 0 aliphatic rings. The number of nitrogens with one attached hydrogen (secondary N) is 1. The van der Waals surface area contributed by atoms with Crippen LogP contribution in [0.15, 0.2) is 53.1 Å². The van der Waals surface area contributed by atoms with Crippen molar-refractivity contribution in [2.45, 2.75) is 13.5 Å². The van der Waals surface area contributed by atoms with Gasteiger partial charge in [0.15, 0.2) is 0 Å². The molecule has 1 aromatic heterocycles. The molecule has 0 unspecified atom stereocenters. The zero-order valence-corrected chi connectivity index (χ0v) is 10.8. The van der Waals surface area contributed by atoms with Crippen LogP contribution in [-0.2, 0) is 6.54 Å². The molecule has 0 fully saturated rings. The highest BCUT2D eigenvalue weighted by Crippen LogP contribution is 2.11. The van der Waals surface area contributed by atoms with Gasteiger partial charge in [-0.05, 0) is 31.2 Å². The summed E-state index contributed by atoms with van der Waals surface area (Å²) in [5.41, 5.74) is 1.28. The Morgan fingerprint density at radius 2 is 1.94 bits per heavy atom. The van der Waals surface area contributed by atoms with Crippen LogP contribution in [0.3, 0.4) is 0 Å². The fraction of sp³-hybridized carbons (Fsp3) is 0.333. The first-order valence-electron chi connectivity index (χ1n) is 6.43. The number of furan rings is 1. The average Bonchev–Trinajstić information content (AvgIpc) is 2.93. The van der Waals surface area contributed by atoms with Gasteiger partial charge in [-0.2, -0.15) is 0 Å². The van der Waals surface area contributed by atoms with Crippen molar-refractivity contribution in [3.63, 3.8) is 0 Å². The number of hydrogen-bond acceptors (Lipinski definition) is 3. The van der Waals surface area contributed by atoms with Gasteiger partial charge >= 0.3 is 0 Å². The van der Waals surface area contributed by atoms with Gasteiger partial charge < -0.3 is 14.6 Å². The van der Waals surface area contributed by atoms with Crippen molar-refractivity contribution >= 4 is 5.69 Å². The summed E-state index contributed by atoms with van der Waals surface area (Å²) in [4.78, 5) is 2.36. The summed E-state index contributed by atoms with van der Waals surface area (Å²) in [6.07, 6.45) is 1.71. The van der Waals surface area contributed by atoms with Crippen LogP contribution in [0.2, 0.25) is 0 Å². The molecule has 0 aliphatic carbocycles. The van der Waals surface area contributed by atoms with Crippen molar-refractivity contribution in [1.29, 1.82) is 0 Å². The van der Waals surface area contributed by atoms with Crippen LogP contribution >= 0.6 is 0 Å². The molecular weight excluding hydrogens is 224 g/mol. The van der Waals surface area contributed by atoms with E-state index in [-0.39, 0.29) is 0 Å². The molecule has 2 rings (SSSR count). The van der Waals surface area contributed by atoms with E-state index >= 15 is 0 Å². The summed E-state index contributed by atoms with van der Waals surface area (Å²) in [6, 6.07) is 14.4. The highest BCUT2D eigenvalue weighted by Gasteiger charge is 2.02. The van der Waals surface area contributed by atoms with Crippen LogP contribution in [0.5, 0.6) is 0 Å². The van der Waals surface area contributed by atoms with Crippen molar-refractivity contribution in [3.8, 4) is 0 Å². The number of benzene rings is 1. The molecule has 96 valence electrons. The maximum atomic E-state index is 5.28. The largest absolute Gasteiger partial charge is 0.468 e. The molecule has 3 nitrogen and oxygen atoms in total. The average molecular weight is 244 g/mol. The fourth-order valence-corrected chi connectivity index (χ4v) is 1.95. The van der Waals surface area contributed by atoms with Gasteiger partial charge in [0, 0.05) is 25.3 Å². The first-order valence-corrected chi connectivity index (χ1v) is 6.43. The molecule has 1 aromatic carbocycles. The molecule has 1 heterocycles. The molecule has 18 heavy (non-hydrogen) atoms. The summed E-state index contributed by atoms with van der Waals surface area (Å²) in [5.74, 6) is 0.984. The van der Waals surface area contributed by atoms with Crippen molar-refractivity contribution in [2.24, 2.45) is 0 Å². The summed E-state index contributed by atoms with van der Waals surface area (Å²) in [7, 11) is 0. The smallest absolute Gasteiger partial charge is 0.117 e. The number of rotatable bonds is 7. The minimum atomic E-state index is 0.791. The molecule has 0 bridgehead atoms. The first-order chi connectivity index (χ1) is 8.90. The molecule has 0 saturated heterocycles. The maximum Gasteiger partial charge on any atom is 0.117 e. The molecule has 0 aliphatic heterocycles. The van der Waals surface area contributed by atoms with E-state index < -0.39 is 0 Å². The minimum Gasteiger partial charge on any atom is -0.468 e. The third-order valence-corrected chi connectivity index (χ3v) is 2.94. The minimum absolute atomic E-state index is 0.791. The van der Waals surface area contributed by atoms with Crippen molar-refractivity contribution in [3.05, 3.63) is 54.5 Å². The molecule has 0 radical (unpaired) electrons. The Labute approximate surface area is 108 Å². The number of anilines is 1. The predicted molar refractivity (Wildman–Crippen MR) is 74.7 cm³/mol. The second-order valence-electron chi connectivity index (χ2n) is 4.17. The maximum absolute atomic E-state index is 5.28. The monoisotopic (exact) mass is 244 g/mol. The van der Waals surface area contributed by atoms with Crippen molar-refractivity contribution in [1.82, 2.24) is 5.32 Å². The summed E-state index contributed by atoms with van der Waals surface area (Å²) in [5, 5.41) is 3.39. The van der Waals surface area contributed by atoms with E-state index in [1.807, 2.05) is 18.2 Å². The molecule has 0 amide bonds. The molecule has 0 spiro atoms. The topological polar surface area (TPSA) is 28.4 Å². The van der Waals surface area contributed by atoms with E-state index in [0.29, 0.717) is 0 Å². The number of nitrogens with zero attached hydrogens (tertiary/aromatic N) is 1. The van der Waals surface area contributed by atoms with Crippen molar-refractivity contribution < 1.29 is 4.42 Å². The van der Waals surface area contributed by atoms with Crippen LogP contribution in [0, 0.1) is 0 Å². The molecule has 0 saturated carbocycles. The lowest BCUT2D eigenvalue weighted by molar-refractivity contribution is 0.484. The fourth-order valence-electron chi connectivity index (χ4n) is 1.95. The standard InChI is InChI=1S/C15H20N2O/c1-2-17(14-7-4-3-5-8-14)11-10-16-13-15-9-6-12-18-15/h3-9,12,16H,2,10-11,13H2,1H3. The number of para-hydroxylation sites is 1. The Morgan fingerprint density at radius 1 is 1.11 bits per heavy atom. The predicted octanol–water partition coefficient (Wildman–Crippen LogP) is 2.90. The van der Waals surface area contributed by atoms with Crippen LogP contribution in [0.4, 0.5) is 5.69 Å². The van der Waals surface area contributed by atoms with Gasteiger partial charge in [0.2, 0.25) is 0 Å². The van der Waals surface area contributed by atoms with Crippen LogP contribution < -0.4 is 10.2 Å². The Hall–Kier alpha value is -1.74. The summed E-state index contributed by atoms with van der Waals surface area (Å²) >= 11 is 0. The Bertz CT molecular complexity index is 425. The lowest BCUT2D eigenvalue weighted by Crippen LogP contribution is -2.31. The second-order valence-corrected chi connectivity index (χ2v) is 4.17. The molecule has 3 heteroatoms. The lowest BCUT2D eigenvalue weighted by atomic mass is 10.3. The molecular formula is C15H20N2O. The van der Waals surface area contributed by atoms with E-state index in [1.54, 1.807) is 6.26 Å². The van der Waals surface area contributed by atoms with Gasteiger partial charge in [0.05, 0.1) is 12.8 Å². The Balaban J connectivity index is 1.74. The Morgan fingerprint density at radius 3 is 2.61 bits per heavy atom. The van der Waals surface area contributed by atoms with E-state index in [1.165, 1.54) is 5.69 Å². The van der Waals surface area contributed by atoms with Gasteiger partial charge in [-0.15, -0.1) is 0 Å². The number of hydrogen-bond donors (Lipinski definition) is 1. The highest BCUT2D eigenvalue weighted by atomic mass is 16.3. The number of likely N-dealkylation sites (N-methyl/N-ethyl adjacent to an activating group) is 1. The van der Waals surface area contributed by atoms with Crippen LogP contribution in [0.25, 0.3) is 0 Å². The third kappa shape index (κ3) is 3.64. The Kier molecular flexibility index (Phi) is 4.85. The van der Waals surface area contributed by atoms with E-state index in [2.05, 4.69) is 41.4 Å². The first kappa shape index (κ1) is 12.7. The summed E-state index contributed by atoms with van der Waals surface area (Å²) in [6.45, 7) is 5.94. The molecule has 1 N–H and O–H groups in total. The quantitative estimate of drug-likeness (QED) is 0.759. The van der Waals surface area contributed by atoms with E-state index in [0.717, 1.165) is 31.9 Å². The highest BCUT2D eigenvalue weighted by molar-refractivity contribution is 5.45. The third-order valence-electron chi connectivity index (χ3n) is 2.94. The molecule has 0 atom stereocenters. The van der Waals surface area contributed by atoms with Gasteiger partial charge in [-0.1, -0.05) is 18.2 Å². The normalized spacial score (nSPS) is 10.5. The van der Waals surface area contributed by atoms with E-state index in [9.17, 15) is 0 Å². The zero-order chi connectivity index (χ0) is 12.6. The zero-order valence-electron chi connectivity index (χ0n) is 10.8. The van der Waals surface area contributed by atoms with Gasteiger partial charge in [-0.25, -0.2) is 0 Å². The SMILES string of the molecule is CCN(CCNCc1ccco1)c1ccccc1. The van der Waals surface area contributed by atoms with Gasteiger partial charge in [0.1, 0.15) is 5.76 Å². The second kappa shape index (κ2) is 6.87. The van der Waals surface area contributed by atoms with E-state index in [4.69, 9.17) is 4.42 Å². The summed E-state index contributed by atoms with van der Waals surface area (Å²) < 4.78 is 5.28. The van der Waals surface area contributed by atoms with Crippen LogP contribution in [0.1, 0.15) is 12.7 Å². The van der Waals surface area contributed by atoms with Crippen molar-refractivity contribution in [2.75, 3.05) is 24.5 Å². The lowest BCUT2D eigenvalue weighted by Gasteiger charge is -2.23. The van der Waals surface area contributed by atoms with Crippen LogP contribution in [-0.4, -0.2) is 19.6 Å².